The van der Waals surface area contributed by atoms with E-state index in [0.717, 1.165) is 10.6 Å². The number of allylic oxidation sites excluding steroid dienone is 2. The lowest BCUT2D eigenvalue weighted by Crippen LogP contribution is -2.53. The maximum atomic E-state index is 15.4. The molecule has 1 aromatic heterocycles. The Morgan fingerprint density at radius 3 is 2.12 bits per heavy atom. The number of aromatic nitrogens is 1. The van der Waals surface area contributed by atoms with Gasteiger partial charge in [0.1, 0.15) is 11.5 Å². The molecule has 6 atom stereocenters. The highest BCUT2D eigenvalue weighted by Crippen LogP contribution is 2.65. The number of nitrogens with one attached hydrogen (secondary N) is 1. The lowest BCUT2D eigenvalue weighted by molar-refractivity contribution is -0.139. The highest BCUT2D eigenvalue weighted by Gasteiger charge is 2.70. The Morgan fingerprint density at radius 2 is 1.52 bits per heavy atom. The molecule has 2 aliphatic carbocycles. The number of imide groups is 2. The molecule has 5 aromatic rings. The van der Waals surface area contributed by atoms with Gasteiger partial charge in [-0.2, -0.15) is 28.4 Å². The van der Waals surface area contributed by atoms with E-state index >= 15 is 4.79 Å². The second-order valence-corrected chi connectivity index (χ2v) is 17.3. The summed E-state index contributed by atoms with van der Waals surface area (Å²) < 4.78 is 46.1. The third kappa shape index (κ3) is 7.24. The van der Waals surface area contributed by atoms with Gasteiger partial charge in [-0.3, -0.25) is 29.5 Å². The topological polar surface area (TPSA) is 157 Å². The van der Waals surface area contributed by atoms with Gasteiger partial charge in [-0.25, -0.2) is 4.98 Å². The average Bonchev–Trinajstić information content (AvgIpc) is 3.67. The number of nitrogens with zero attached hydrogens (tertiary/aromatic N) is 6. The van der Waals surface area contributed by atoms with Crippen LogP contribution >= 0.6 is 23.2 Å². The predicted molar refractivity (Wildman–Crippen MR) is 235 cm³/mol. The number of aromatic hydroxyl groups is 1. The summed E-state index contributed by atoms with van der Waals surface area (Å²) in [6.07, 6.45) is -2.45. The molecule has 9 rings (SSSR count). The summed E-state index contributed by atoms with van der Waals surface area (Å²) in [6, 6.07) is 25.5. The lowest BCUT2D eigenvalue weighted by Gasteiger charge is -2.50. The number of carbonyl (C=O) groups is 4. The van der Waals surface area contributed by atoms with Crippen LogP contribution in [0.15, 0.2) is 125 Å². The smallest absolute Gasteiger partial charge is 0.417 e. The molecule has 2 N–H and O–H groups in total. The fraction of sp³-hybridized carbons (Fsp3) is 0.255. The zero-order valence-corrected chi connectivity index (χ0v) is 36.3. The van der Waals surface area contributed by atoms with Gasteiger partial charge in [0, 0.05) is 48.5 Å². The lowest BCUT2D eigenvalue weighted by atomic mass is 9.49. The molecule has 1 saturated carbocycles. The van der Waals surface area contributed by atoms with Gasteiger partial charge in [0.2, 0.25) is 11.8 Å². The number of pyridine rings is 1. The number of alkyl halides is 3. The van der Waals surface area contributed by atoms with Crippen LogP contribution in [0.2, 0.25) is 10.0 Å². The third-order valence-corrected chi connectivity index (χ3v) is 13.4. The van der Waals surface area contributed by atoms with Crippen molar-refractivity contribution in [3.05, 3.63) is 142 Å². The van der Waals surface area contributed by atoms with Crippen molar-refractivity contribution >= 4 is 75.4 Å². The molecule has 2 saturated heterocycles. The van der Waals surface area contributed by atoms with E-state index in [0.29, 0.717) is 56.2 Å². The minimum Gasteiger partial charge on any atom is -0.508 e. The Hall–Kier alpha value is -6.78. The molecule has 0 radical (unpaired) electrons. The standard InChI is InChI=1S/C47H38Cl2F3N7O6/c1-57(2)29-12-8-27(9-13-29)54-55-28-10-14-30(15-11-28)58-42(61)34-19-18-32-35(39(34)44(58)63)22-36-43(62)59(56-41-37(49)20-25(23-53-41)47(50,51)52)45(64)46(36,24-4-6-26(48)7-5-24)40(32)33-17-16-31(65-3)21-38(33)60/h4-18,20-21,23,34-36,39-40,60H,19,22H2,1-3H3,(H,53,56)/t34-,35+,36-,39-,40+,46+/m0/s1. The molecule has 4 aliphatic rings. The minimum absolute atomic E-state index is 0.0977. The van der Waals surface area contributed by atoms with Crippen LogP contribution in [0.4, 0.5) is 41.7 Å². The fourth-order valence-corrected chi connectivity index (χ4v) is 10.2. The molecule has 0 unspecified atom stereocenters. The van der Waals surface area contributed by atoms with Gasteiger partial charge in [-0.15, -0.1) is 0 Å². The molecule has 332 valence electrons. The highest BCUT2D eigenvalue weighted by atomic mass is 35.5. The number of hydrogen-bond donors (Lipinski definition) is 2. The summed E-state index contributed by atoms with van der Waals surface area (Å²) in [5.74, 6) is -7.97. The fourth-order valence-electron chi connectivity index (χ4n) is 9.88. The third-order valence-electron chi connectivity index (χ3n) is 12.9. The van der Waals surface area contributed by atoms with Crippen molar-refractivity contribution in [1.29, 1.82) is 0 Å². The van der Waals surface area contributed by atoms with Gasteiger partial charge in [0.15, 0.2) is 5.82 Å². The molecule has 0 bridgehead atoms. The second-order valence-electron chi connectivity index (χ2n) is 16.5. The number of carbonyl (C=O) groups excluding carboxylic acids is 4. The summed E-state index contributed by atoms with van der Waals surface area (Å²) in [6.45, 7) is 0. The van der Waals surface area contributed by atoms with Crippen molar-refractivity contribution in [3.63, 3.8) is 0 Å². The van der Waals surface area contributed by atoms with E-state index in [1.807, 2.05) is 49.3 Å². The van der Waals surface area contributed by atoms with Crippen molar-refractivity contribution in [3.8, 4) is 11.5 Å². The number of ether oxygens (including phenoxy) is 1. The van der Waals surface area contributed by atoms with Gasteiger partial charge >= 0.3 is 6.18 Å². The number of rotatable bonds is 9. The maximum absolute atomic E-state index is 15.4. The number of amides is 4. The number of benzene rings is 4. The Bertz CT molecular complexity index is 2820. The van der Waals surface area contributed by atoms with Crippen molar-refractivity contribution in [2.75, 3.05) is 36.4 Å². The number of halogens is 5. The van der Waals surface area contributed by atoms with Gasteiger partial charge in [-0.1, -0.05) is 53.1 Å². The van der Waals surface area contributed by atoms with E-state index in [-0.39, 0.29) is 24.2 Å². The van der Waals surface area contributed by atoms with Crippen LogP contribution in [0.1, 0.15) is 35.4 Å². The maximum Gasteiger partial charge on any atom is 0.417 e. The van der Waals surface area contributed by atoms with E-state index in [4.69, 9.17) is 27.9 Å². The van der Waals surface area contributed by atoms with Crippen LogP contribution in [0.5, 0.6) is 11.5 Å². The van der Waals surface area contributed by atoms with Gasteiger partial charge < -0.3 is 14.7 Å². The first kappa shape index (κ1) is 43.5. The van der Waals surface area contributed by atoms with Crippen LogP contribution in [0, 0.1) is 23.7 Å². The monoisotopic (exact) mass is 923 g/mol. The first-order valence-electron chi connectivity index (χ1n) is 20.4. The zero-order chi connectivity index (χ0) is 46.1. The quantitative estimate of drug-likeness (QED) is 0.0835. The summed E-state index contributed by atoms with van der Waals surface area (Å²) in [5, 5.41) is 20.9. The molecule has 4 aromatic carbocycles. The van der Waals surface area contributed by atoms with Crippen molar-refractivity contribution in [2.24, 2.45) is 33.9 Å². The van der Waals surface area contributed by atoms with Crippen LogP contribution in [0.3, 0.4) is 0 Å². The minimum atomic E-state index is -4.78. The summed E-state index contributed by atoms with van der Waals surface area (Å²) >= 11 is 12.7. The molecule has 13 nitrogen and oxygen atoms in total. The largest absolute Gasteiger partial charge is 0.508 e. The number of methoxy groups -OCH3 is 1. The molecule has 18 heteroatoms. The SMILES string of the molecule is COc1ccc([C@H]2C3=CC[C@@H]4C(=O)N(c5ccc(N=Nc6ccc(N(C)C)cc6)cc5)C(=O)[C@@H]4[C@@H]3C[C@H]3C(=O)N(Nc4ncc(C(F)(F)F)cc4Cl)C(=O)[C@@]23c2ccc(Cl)cc2)c(O)c1. The molecule has 0 spiro atoms. The van der Waals surface area contributed by atoms with E-state index in [1.165, 1.54) is 13.2 Å². The first-order valence-corrected chi connectivity index (χ1v) is 21.2. The first-order chi connectivity index (χ1) is 31.0. The molecular formula is C47H38Cl2F3N7O6. The van der Waals surface area contributed by atoms with E-state index < -0.39 is 81.2 Å². The summed E-state index contributed by atoms with van der Waals surface area (Å²) in [5.41, 5.74) is 3.14. The average molecular weight is 925 g/mol. The second kappa shape index (κ2) is 16.3. The number of azo groups is 1. The van der Waals surface area contributed by atoms with Crippen LogP contribution < -0.4 is 20.0 Å². The highest BCUT2D eigenvalue weighted by molar-refractivity contribution is 6.33. The van der Waals surface area contributed by atoms with Gasteiger partial charge in [-0.05, 0) is 97.1 Å². The molecule has 65 heavy (non-hydrogen) atoms. The Morgan fingerprint density at radius 1 is 0.862 bits per heavy atom. The van der Waals surface area contributed by atoms with E-state index in [1.54, 1.807) is 60.7 Å². The van der Waals surface area contributed by atoms with E-state index in [2.05, 4.69) is 20.6 Å². The predicted octanol–water partition coefficient (Wildman–Crippen LogP) is 9.79. The van der Waals surface area contributed by atoms with Gasteiger partial charge in [0.05, 0.1) is 57.9 Å². The van der Waals surface area contributed by atoms with Crippen molar-refractivity contribution < 1.29 is 42.2 Å². The Labute approximate surface area is 380 Å². The normalized spacial score (nSPS) is 23.9. The Balaban J connectivity index is 1.12. The van der Waals surface area contributed by atoms with Crippen molar-refractivity contribution in [1.82, 2.24) is 9.99 Å². The molecule has 3 heterocycles. The number of fused-ring (bicyclic) bond motifs is 4. The van der Waals surface area contributed by atoms with E-state index in [9.17, 15) is 32.7 Å². The van der Waals surface area contributed by atoms with Gasteiger partial charge in [0.25, 0.3) is 11.8 Å². The molecule has 3 fully saturated rings. The number of hydrazine groups is 1. The summed E-state index contributed by atoms with van der Waals surface area (Å²) in [4.78, 5) is 66.5. The zero-order valence-electron chi connectivity index (χ0n) is 34.8. The number of phenolic OH excluding ortho intramolecular Hbond substituents is 1. The number of phenols is 1. The molecule has 4 amide bonds. The van der Waals surface area contributed by atoms with Crippen molar-refractivity contribution in [2.45, 2.75) is 30.4 Å². The van der Waals surface area contributed by atoms with Crippen LogP contribution in [0.25, 0.3) is 0 Å². The molecular weight excluding hydrogens is 886 g/mol. The van der Waals surface area contributed by atoms with Crippen LogP contribution in [-0.4, -0.2) is 59.9 Å². The number of anilines is 3. The Kier molecular flexibility index (Phi) is 10.9. The van der Waals surface area contributed by atoms with Crippen LogP contribution in [-0.2, 0) is 30.8 Å². The number of hydrogen-bond acceptors (Lipinski definition) is 11. The summed E-state index contributed by atoms with van der Waals surface area (Å²) in [7, 11) is 5.28. The molecule has 2 aliphatic heterocycles.